The molecular formula is C18H26N2O3. The van der Waals surface area contributed by atoms with Crippen LogP contribution in [0.5, 0.6) is 0 Å². The van der Waals surface area contributed by atoms with Crippen molar-refractivity contribution in [1.29, 1.82) is 0 Å². The van der Waals surface area contributed by atoms with Crippen LogP contribution in [0.3, 0.4) is 0 Å². The fourth-order valence-electron chi connectivity index (χ4n) is 2.79. The molecule has 126 valence electrons. The summed E-state index contributed by atoms with van der Waals surface area (Å²) in [4.78, 5) is 26.7. The summed E-state index contributed by atoms with van der Waals surface area (Å²) in [6.07, 6.45) is 1.25. The number of piperidine rings is 1. The average molecular weight is 318 g/mol. The average Bonchev–Trinajstić information content (AvgIpc) is 2.53. The van der Waals surface area contributed by atoms with Gasteiger partial charge in [0.15, 0.2) is 0 Å². The fraction of sp³-hybridized carbons (Fsp3) is 0.556. The largest absolute Gasteiger partial charge is 0.393 e. The molecule has 2 rings (SSSR count). The van der Waals surface area contributed by atoms with Crippen LogP contribution < -0.4 is 5.32 Å². The lowest BCUT2D eigenvalue weighted by molar-refractivity contribution is -0.138. The van der Waals surface area contributed by atoms with Gasteiger partial charge in [0.05, 0.1) is 6.10 Å². The highest BCUT2D eigenvalue weighted by molar-refractivity contribution is 5.88. The predicted molar refractivity (Wildman–Crippen MR) is 88.6 cm³/mol. The third-order valence-electron chi connectivity index (χ3n) is 4.05. The molecule has 5 heteroatoms. The molecule has 1 aliphatic heterocycles. The summed E-state index contributed by atoms with van der Waals surface area (Å²) in [6.45, 7) is 5.02. The lowest BCUT2D eigenvalue weighted by Gasteiger charge is -2.33. The number of carbonyl (C=O) groups excluding carboxylic acids is 2. The number of likely N-dealkylation sites (tertiary alicyclic amines) is 1. The van der Waals surface area contributed by atoms with Crippen LogP contribution in [0, 0.1) is 5.92 Å². The molecule has 1 saturated heterocycles. The number of nitrogens with zero attached hydrogens (tertiary/aromatic N) is 1. The number of benzene rings is 1. The minimum Gasteiger partial charge on any atom is -0.393 e. The minimum atomic E-state index is -0.655. The van der Waals surface area contributed by atoms with E-state index in [4.69, 9.17) is 0 Å². The molecule has 1 aromatic rings. The van der Waals surface area contributed by atoms with E-state index in [0.29, 0.717) is 32.4 Å². The minimum absolute atomic E-state index is 0.0970. The van der Waals surface area contributed by atoms with Gasteiger partial charge in [-0.3, -0.25) is 9.59 Å². The molecule has 2 amide bonds. The molecule has 0 aliphatic carbocycles. The van der Waals surface area contributed by atoms with E-state index in [-0.39, 0.29) is 23.8 Å². The van der Waals surface area contributed by atoms with Gasteiger partial charge in [0.25, 0.3) is 0 Å². The Balaban J connectivity index is 2.13. The summed E-state index contributed by atoms with van der Waals surface area (Å²) < 4.78 is 0. The monoisotopic (exact) mass is 318 g/mol. The molecule has 0 bridgehead atoms. The highest BCUT2D eigenvalue weighted by Crippen LogP contribution is 2.20. The molecule has 0 aromatic heterocycles. The molecule has 0 radical (unpaired) electrons. The third kappa shape index (κ3) is 5.06. The van der Waals surface area contributed by atoms with E-state index in [1.807, 2.05) is 44.2 Å². The quantitative estimate of drug-likeness (QED) is 0.871. The van der Waals surface area contributed by atoms with Crippen molar-refractivity contribution in [3.05, 3.63) is 35.9 Å². The second kappa shape index (κ2) is 8.11. The zero-order valence-corrected chi connectivity index (χ0v) is 13.9. The molecule has 1 unspecified atom stereocenters. The first kappa shape index (κ1) is 17.5. The SMILES string of the molecule is CC(C)CC(=O)NC(C(=O)N1CCC(O)CC1)c1ccccc1. The summed E-state index contributed by atoms with van der Waals surface area (Å²) in [5.41, 5.74) is 0.792. The normalized spacial score (nSPS) is 17.1. The number of aliphatic hydroxyl groups is 1. The Morgan fingerprint density at radius 3 is 2.39 bits per heavy atom. The molecule has 1 aliphatic rings. The summed E-state index contributed by atoms with van der Waals surface area (Å²) in [5.74, 6) is 0.0334. The van der Waals surface area contributed by atoms with E-state index in [2.05, 4.69) is 5.32 Å². The Bertz CT molecular complexity index is 522. The molecule has 5 nitrogen and oxygen atoms in total. The number of amides is 2. The van der Waals surface area contributed by atoms with Crippen LogP contribution in [-0.2, 0) is 9.59 Å². The van der Waals surface area contributed by atoms with Crippen molar-refractivity contribution >= 4 is 11.8 Å². The van der Waals surface area contributed by atoms with Crippen molar-refractivity contribution in [2.75, 3.05) is 13.1 Å². The lowest BCUT2D eigenvalue weighted by atomic mass is 10.0. The third-order valence-corrected chi connectivity index (χ3v) is 4.05. The van der Waals surface area contributed by atoms with Gasteiger partial charge in [-0.25, -0.2) is 0 Å². The molecular weight excluding hydrogens is 292 g/mol. The van der Waals surface area contributed by atoms with Gasteiger partial charge in [0.1, 0.15) is 6.04 Å². The van der Waals surface area contributed by atoms with Crippen molar-refractivity contribution in [1.82, 2.24) is 10.2 Å². The summed E-state index contributed by atoms with van der Waals surface area (Å²) in [5, 5.41) is 12.5. The maximum atomic E-state index is 12.9. The zero-order valence-electron chi connectivity index (χ0n) is 13.9. The van der Waals surface area contributed by atoms with Gasteiger partial charge in [-0.15, -0.1) is 0 Å². The van der Waals surface area contributed by atoms with Crippen LogP contribution in [-0.4, -0.2) is 41.0 Å². The molecule has 2 N–H and O–H groups in total. The van der Waals surface area contributed by atoms with Gasteiger partial charge in [-0.2, -0.15) is 0 Å². The summed E-state index contributed by atoms with van der Waals surface area (Å²) in [7, 11) is 0. The smallest absolute Gasteiger partial charge is 0.249 e. The van der Waals surface area contributed by atoms with Crippen LogP contribution in [0.2, 0.25) is 0 Å². The van der Waals surface area contributed by atoms with E-state index >= 15 is 0 Å². The zero-order chi connectivity index (χ0) is 16.8. The number of aliphatic hydroxyl groups excluding tert-OH is 1. The van der Waals surface area contributed by atoms with Crippen molar-refractivity contribution in [3.63, 3.8) is 0 Å². The first-order valence-electron chi connectivity index (χ1n) is 8.28. The maximum absolute atomic E-state index is 12.9. The van der Waals surface area contributed by atoms with Gasteiger partial charge in [-0.1, -0.05) is 44.2 Å². The lowest BCUT2D eigenvalue weighted by Crippen LogP contribution is -2.47. The van der Waals surface area contributed by atoms with Crippen molar-refractivity contribution in [3.8, 4) is 0 Å². The van der Waals surface area contributed by atoms with Gasteiger partial charge in [0.2, 0.25) is 11.8 Å². The molecule has 23 heavy (non-hydrogen) atoms. The summed E-state index contributed by atoms with van der Waals surface area (Å²) in [6, 6.07) is 8.68. The molecule has 1 heterocycles. The van der Waals surface area contributed by atoms with E-state index in [0.717, 1.165) is 5.56 Å². The maximum Gasteiger partial charge on any atom is 0.249 e. The van der Waals surface area contributed by atoms with E-state index in [9.17, 15) is 14.7 Å². The highest BCUT2D eigenvalue weighted by Gasteiger charge is 2.29. The molecule has 0 spiro atoms. The Labute approximate surface area is 137 Å². The van der Waals surface area contributed by atoms with Crippen LogP contribution in [0.25, 0.3) is 0 Å². The van der Waals surface area contributed by atoms with E-state index < -0.39 is 6.04 Å². The Morgan fingerprint density at radius 1 is 1.22 bits per heavy atom. The van der Waals surface area contributed by atoms with Crippen LogP contribution in [0.15, 0.2) is 30.3 Å². The molecule has 1 atom stereocenters. The number of nitrogens with one attached hydrogen (secondary N) is 1. The van der Waals surface area contributed by atoms with Crippen LogP contribution in [0.1, 0.15) is 44.7 Å². The van der Waals surface area contributed by atoms with Gasteiger partial charge >= 0.3 is 0 Å². The number of hydrogen-bond acceptors (Lipinski definition) is 3. The number of carbonyl (C=O) groups is 2. The van der Waals surface area contributed by atoms with E-state index in [1.54, 1.807) is 4.90 Å². The van der Waals surface area contributed by atoms with Gasteiger partial charge in [0, 0.05) is 19.5 Å². The second-order valence-corrected chi connectivity index (χ2v) is 6.57. The fourth-order valence-corrected chi connectivity index (χ4v) is 2.79. The Morgan fingerprint density at radius 2 is 1.83 bits per heavy atom. The summed E-state index contributed by atoms with van der Waals surface area (Å²) >= 11 is 0. The number of rotatable bonds is 5. The van der Waals surface area contributed by atoms with Crippen molar-refractivity contribution < 1.29 is 14.7 Å². The molecule has 1 aromatic carbocycles. The van der Waals surface area contributed by atoms with Crippen molar-refractivity contribution in [2.24, 2.45) is 5.92 Å². The van der Waals surface area contributed by atoms with Gasteiger partial charge < -0.3 is 15.3 Å². The predicted octanol–water partition coefficient (Wildman–Crippen LogP) is 1.87. The van der Waals surface area contributed by atoms with Crippen molar-refractivity contribution in [2.45, 2.75) is 45.3 Å². The first-order valence-corrected chi connectivity index (χ1v) is 8.28. The molecule has 1 fully saturated rings. The Hall–Kier alpha value is -1.88. The molecule has 0 saturated carbocycles. The van der Waals surface area contributed by atoms with Crippen LogP contribution in [0.4, 0.5) is 0 Å². The standard InChI is InChI=1S/C18H26N2O3/c1-13(2)12-16(22)19-17(14-6-4-3-5-7-14)18(23)20-10-8-15(21)9-11-20/h3-7,13,15,17,21H,8-12H2,1-2H3,(H,19,22). The van der Waals surface area contributed by atoms with E-state index in [1.165, 1.54) is 0 Å². The first-order chi connectivity index (χ1) is 11.0. The highest BCUT2D eigenvalue weighted by atomic mass is 16.3. The second-order valence-electron chi connectivity index (χ2n) is 6.57. The Kier molecular flexibility index (Phi) is 6.16. The number of hydrogen-bond donors (Lipinski definition) is 2. The van der Waals surface area contributed by atoms with Crippen LogP contribution >= 0.6 is 0 Å². The van der Waals surface area contributed by atoms with Gasteiger partial charge in [-0.05, 0) is 24.3 Å². The topological polar surface area (TPSA) is 69.6 Å².